The molecule has 1 aromatic heterocycles. The molecule has 1 aliphatic rings. The standard InChI is InChI=1S/C18H20N2O3/c1-22-18(21)17-15(23-13-14-7-3-2-4-8-14)9-10-16(19-17)20-11-5-6-12-20/h2-4,7-10H,5-6,11-13H2,1H3. The quantitative estimate of drug-likeness (QED) is 0.794. The minimum absolute atomic E-state index is 0.229. The van der Waals surface area contributed by atoms with Gasteiger partial charge in [0.2, 0.25) is 0 Å². The topological polar surface area (TPSA) is 51.7 Å². The number of rotatable bonds is 5. The molecule has 0 radical (unpaired) electrons. The van der Waals surface area contributed by atoms with E-state index in [4.69, 9.17) is 9.47 Å². The van der Waals surface area contributed by atoms with Crippen LogP contribution < -0.4 is 9.64 Å². The third kappa shape index (κ3) is 3.62. The summed E-state index contributed by atoms with van der Waals surface area (Å²) in [6, 6.07) is 13.5. The minimum Gasteiger partial charge on any atom is -0.486 e. The molecule has 0 aliphatic carbocycles. The molecule has 0 spiro atoms. The zero-order valence-electron chi connectivity index (χ0n) is 13.2. The van der Waals surface area contributed by atoms with Gasteiger partial charge < -0.3 is 14.4 Å². The number of carbonyl (C=O) groups excluding carboxylic acids is 1. The van der Waals surface area contributed by atoms with Crippen molar-refractivity contribution in [3.63, 3.8) is 0 Å². The van der Waals surface area contributed by atoms with E-state index in [1.807, 2.05) is 36.4 Å². The number of methoxy groups -OCH3 is 1. The van der Waals surface area contributed by atoms with Gasteiger partial charge in [0.05, 0.1) is 7.11 Å². The Balaban J connectivity index is 1.81. The molecular formula is C18H20N2O3. The number of hydrogen-bond acceptors (Lipinski definition) is 5. The van der Waals surface area contributed by atoms with Crippen molar-refractivity contribution in [2.45, 2.75) is 19.4 Å². The van der Waals surface area contributed by atoms with Crippen LogP contribution in [0, 0.1) is 0 Å². The molecule has 5 nitrogen and oxygen atoms in total. The molecule has 120 valence electrons. The average Bonchev–Trinajstić information content (AvgIpc) is 3.14. The van der Waals surface area contributed by atoms with E-state index >= 15 is 0 Å². The zero-order chi connectivity index (χ0) is 16.1. The summed E-state index contributed by atoms with van der Waals surface area (Å²) >= 11 is 0. The summed E-state index contributed by atoms with van der Waals surface area (Å²) in [6.45, 7) is 2.32. The minimum atomic E-state index is -0.478. The van der Waals surface area contributed by atoms with Crippen LogP contribution in [0.2, 0.25) is 0 Å². The lowest BCUT2D eigenvalue weighted by Crippen LogP contribution is -2.20. The van der Waals surface area contributed by atoms with Gasteiger partial charge in [0.15, 0.2) is 11.4 Å². The van der Waals surface area contributed by atoms with Gasteiger partial charge >= 0.3 is 5.97 Å². The number of pyridine rings is 1. The Kier molecular flexibility index (Phi) is 4.76. The van der Waals surface area contributed by atoms with Gasteiger partial charge in [-0.2, -0.15) is 0 Å². The highest BCUT2D eigenvalue weighted by atomic mass is 16.5. The van der Waals surface area contributed by atoms with Gasteiger partial charge in [-0.15, -0.1) is 0 Å². The molecule has 0 N–H and O–H groups in total. The van der Waals surface area contributed by atoms with E-state index in [-0.39, 0.29) is 5.69 Å². The fourth-order valence-electron chi connectivity index (χ4n) is 2.65. The second-order valence-corrected chi connectivity index (χ2v) is 5.48. The van der Waals surface area contributed by atoms with E-state index in [1.165, 1.54) is 7.11 Å². The molecule has 0 bridgehead atoms. The molecule has 1 fully saturated rings. The van der Waals surface area contributed by atoms with Crippen LogP contribution in [0.15, 0.2) is 42.5 Å². The molecule has 0 unspecified atom stereocenters. The Morgan fingerprint density at radius 2 is 1.87 bits per heavy atom. The van der Waals surface area contributed by atoms with Gasteiger partial charge in [-0.3, -0.25) is 0 Å². The molecule has 1 saturated heterocycles. The van der Waals surface area contributed by atoms with Crippen LogP contribution in [-0.4, -0.2) is 31.2 Å². The summed E-state index contributed by atoms with van der Waals surface area (Å²) in [5.41, 5.74) is 1.26. The van der Waals surface area contributed by atoms with Crippen LogP contribution in [0.3, 0.4) is 0 Å². The number of aromatic nitrogens is 1. The van der Waals surface area contributed by atoms with Crippen molar-refractivity contribution in [3.05, 3.63) is 53.7 Å². The number of carbonyl (C=O) groups is 1. The smallest absolute Gasteiger partial charge is 0.360 e. The molecule has 5 heteroatoms. The highest BCUT2D eigenvalue weighted by Gasteiger charge is 2.20. The summed E-state index contributed by atoms with van der Waals surface area (Å²) in [4.78, 5) is 18.7. The first-order chi connectivity index (χ1) is 11.3. The van der Waals surface area contributed by atoms with Gasteiger partial charge in [0.1, 0.15) is 12.4 Å². The fourth-order valence-corrected chi connectivity index (χ4v) is 2.65. The first-order valence-electron chi connectivity index (χ1n) is 7.79. The van der Waals surface area contributed by atoms with Crippen molar-refractivity contribution < 1.29 is 14.3 Å². The number of esters is 1. The average molecular weight is 312 g/mol. The van der Waals surface area contributed by atoms with Crippen LogP contribution in [-0.2, 0) is 11.3 Å². The number of benzene rings is 1. The van der Waals surface area contributed by atoms with Crippen molar-refractivity contribution in [2.75, 3.05) is 25.1 Å². The predicted octanol–water partition coefficient (Wildman–Crippen LogP) is 3.05. The maximum atomic E-state index is 12.0. The molecular weight excluding hydrogens is 292 g/mol. The summed E-state index contributed by atoms with van der Waals surface area (Å²) in [5, 5.41) is 0. The normalized spacial score (nSPS) is 13.9. The SMILES string of the molecule is COC(=O)c1nc(N2CCCC2)ccc1OCc1ccccc1. The van der Waals surface area contributed by atoms with Gasteiger partial charge in [0.25, 0.3) is 0 Å². The second kappa shape index (κ2) is 7.13. The van der Waals surface area contributed by atoms with Crippen molar-refractivity contribution in [1.82, 2.24) is 4.98 Å². The lowest BCUT2D eigenvalue weighted by Gasteiger charge is -2.18. The van der Waals surface area contributed by atoms with E-state index in [0.29, 0.717) is 12.4 Å². The van der Waals surface area contributed by atoms with Crippen molar-refractivity contribution >= 4 is 11.8 Å². The molecule has 1 aromatic carbocycles. The third-order valence-electron chi connectivity index (χ3n) is 3.89. The summed E-state index contributed by atoms with van der Waals surface area (Å²) in [5.74, 6) is 0.771. The summed E-state index contributed by atoms with van der Waals surface area (Å²) < 4.78 is 10.6. The number of nitrogens with zero attached hydrogens (tertiary/aromatic N) is 2. The van der Waals surface area contributed by atoms with Gasteiger partial charge in [-0.05, 0) is 30.5 Å². The summed E-state index contributed by atoms with van der Waals surface area (Å²) in [7, 11) is 1.35. The Hall–Kier alpha value is -2.56. The van der Waals surface area contributed by atoms with Gasteiger partial charge in [-0.25, -0.2) is 9.78 Å². The van der Waals surface area contributed by atoms with E-state index in [0.717, 1.165) is 37.3 Å². The lowest BCUT2D eigenvalue weighted by molar-refractivity contribution is 0.0588. The van der Waals surface area contributed by atoms with Gasteiger partial charge in [0, 0.05) is 13.1 Å². The van der Waals surface area contributed by atoms with Crippen LogP contribution in [0.25, 0.3) is 0 Å². The van der Waals surface area contributed by atoms with Gasteiger partial charge in [-0.1, -0.05) is 30.3 Å². The Labute approximate surface area is 135 Å². The molecule has 2 aromatic rings. The molecule has 23 heavy (non-hydrogen) atoms. The molecule has 3 rings (SSSR count). The molecule has 2 heterocycles. The maximum Gasteiger partial charge on any atom is 0.360 e. The molecule has 0 atom stereocenters. The van der Waals surface area contributed by atoms with Crippen LogP contribution in [0.1, 0.15) is 28.9 Å². The first kappa shape index (κ1) is 15.3. The van der Waals surface area contributed by atoms with Crippen LogP contribution >= 0.6 is 0 Å². The Bertz CT molecular complexity index is 667. The zero-order valence-corrected chi connectivity index (χ0v) is 13.2. The third-order valence-corrected chi connectivity index (χ3v) is 3.89. The monoisotopic (exact) mass is 312 g/mol. The van der Waals surface area contributed by atoms with E-state index < -0.39 is 5.97 Å². The first-order valence-corrected chi connectivity index (χ1v) is 7.79. The van der Waals surface area contributed by atoms with Crippen molar-refractivity contribution in [2.24, 2.45) is 0 Å². The lowest BCUT2D eigenvalue weighted by atomic mass is 10.2. The molecule has 0 amide bonds. The number of anilines is 1. The number of ether oxygens (including phenoxy) is 2. The van der Waals surface area contributed by atoms with E-state index in [9.17, 15) is 4.79 Å². The van der Waals surface area contributed by atoms with Crippen LogP contribution in [0.5, 0.6) is 5.75 Å². The highest BCUT2D eigenvalue weighted by molar-refractivity contribution is 5.90. The second-order valence-electron chi connectivity index (χ2n) is 5.48. The number of hydrogen-bond donors (Lipinski definition) is 0. The Morgan fingerprint density at radius 3 is 2.57 bits per heavy atom. The van der Waals surface area contributed by atoms with E-state index in [1.54, 1.807) is 6.07 Å². The van der Waals surface area contributed by atoms with Crippen LogP contribution in [0.4, 0.5) is 5.82 Å². The highest BCUT2D eigenvalue weighted by Crippen LogP contribution is 2.25. The largest absolute Gasteiger partial charge is 0.486 e. The van der Waals surface area contributed by atoms with Crippen molar-refractivity contribution in [1.29, 1.82) is 0 Å². The molecule has 1 aliphatic heterocycles. The Morgan fingerprint density at radius 1 is 1.13 bits per heavy atom. The van der Waals surface area contributed by atoms with Crippen molar-refractivity contribution in [3.8, 4) is 5.75 Å². The fraction of sp³-hybridized carbons (Fsp3) is 0.333. The summed E-state index contributed by atoms with van der Waals surface area (Å²) in [6.07, 6.45) is 2.31. The maximum absolute atomic E-state index is 12.0. The predicted molar refractivity (Wildman–Crippen MR) is 87.8 cm³/mol. The van der Waals surface area contributed by atoms with E-state index in [2.05, 4.69) is 9.88 Å². The molecule has 0 saturated carbocycles.